The second-order valence-corrected chi connectivity index (χ2v) is 4.81. The Morgan fingerprint density at radius 1 is 1.35 bits per heavy atom. The molecule has 2 rings (SSSR count). The standard InChI is InChI=1S/C14H18FNO/c1-9-7-10(2)13(11(15)8-9)14(17)12-5-3-4-6-16-12/h7-8,12,16H,3-6H2,1-2H3. The van der Waals surface area contributed by atoms with Crippen LogP contribution in [0.1, 0.15) is 40.7 Å². The monoisotopic (exact) mass is 235 g/mol. The summed E-state index contributed by atoms with van der Waals surface area (Å²) in [6, 6.07) is 3.09. The molecule has 0 bridgehead atoms. The zero-order valence-electron chi connectivity index (χ0n) is 10.3. The number of halogens is 1. The van der Waals surface area contributed by atoms with E-state index in [4.69, 9.17) is 0 Å². The lowest BCUT2D eigenvalue weighted by atomic mass is 9.93. The third kappa shape index (κ3) is 2.55. The van der Waals surface area contributed by atoms with E-state index in [0.717, 1.165) is 36.9 Å². The number of benzene rings is 1. The van der Waals surface area contributed by atoms with E-state index in [9.17, 15) is 9.18 Å². The number of nitrogens with one attached hydrogen (secondary N) is 1. The van der Waals surface area contributed by atoms with Crippen LogP contribution in [0.4, 0.5) is 4.39 Å². The fraction of sp³-hybridized carbons (Fsp3) is 0.500. The molecule has 0 spiro atoms. The van der Waals surface area contributed by atoms with Crippen molar-refractivity contribution in [1.29, 1.82) is 0 Å². The molecule has 0 amide bonds. The molecule has 1 N–H and O–H groups in total. The number of hydrogen-bond donors (Lipinski definition) is 1. The molecule has 0 saturated carbocycles. The highest BCUT2D eigenvalue weighted by Crippen LogP contribution is 2.20. The van der Waals surface area contributed by atoms with Crippen molar-refractivity contribution in [3.8, 4) is 0 Å². The van der Waals surface area contributed by atoms with Crippen LogP contribution in [0.3, 0.4) is 0 Å². The minimum Gasteiger partial charge on any atom is -0.307 e. The van der Waals surface area contributed by atoms with Gasteiger partial charge in [0.15, 0.2) is 5.78 Å². The molecular formula is C14H18FNO. The van der Waals surface area contributed by atoms with Crippen LogP contribution >= 0.6 is 0 Å². The maximum atomic E-state index is 13.9. The number of carbonyl (C=O) groups is 1. The van der Waals surface area contributed by atoms with Crippen molar-refractivity contribution in [2.24, 2.45) is 0 Å². The number of carbonyl (C=O) groups excluding carboxylic acids is 1. The highest BCUT2D eigenvalue weighted by atomic mass is 19.1. The van der Waals surface area contributed by atoms with Crippen molar-refractivity contribution in [2.75, 3.05) is 6.54 Å². The Morgan fingerprint density at radius 3 is 2.71 bits per heavy atom. The van der Waals surface area contributed by atoms with Gasteiger partial charge < -0.3 is 5.32 Å². The Morgan fingerprint density at radius 2 is 2.12 bits per heavy atom. The van der Waals surface area contributed by atoms with Gasteiger partial charge in [0.25, 0.3) is 0 Å². The Balaban J connectivity index is 2.30. The Labute approximate surface area is 101 Å². The summed E-state index contributed by atoms with van der Waals surface area (Å²) in [5.74, 6) is -0.487. The zero-order chi connectivity index (χ0) is 12.4. The smallest absolute Gasteiger partial charge is 0.182 e. The van der Waals surface area contributed by atoms with E-state index in [1.807, 2.05) is 13.0 Å². The lowest BCUT2D eigenvalue weighted by molar-refractivity contribution is 0.0922. The van der Waals surface area contributed by atoms with Gasteiger partial charge in [0.1, 0.15) is 5.82 Å². The maximum absolute atomic E-state index is 13.9. The number of aryl methyl sites for hydroxylation is 2. The molecule has 0 radical (unpaired) electrons. The van der Waals surface area contributed by atoms with Crippen LogP contribution in [0.25, 0.3) is 0 Å². The summed E-state index contributed by atoms with van der Waals surface area (Å²) < 4.78 is 13.9. The van der Waals surface area contributed by atoms with Gasteiger partial charge in [0, 0.05) is 0 Å². The van der Waals surface area contributed by atoms with E-state index in [2.05, 4.69) is 5.32 Å². The van der Waals surface area contributed by atoms with Gasteiger partial charge in [-0.15, -0.1) is 0 Å². The molecule has 1 saturated heterocycles. The molecule has 1 heterocycles. The summed E-state index contributed by atoms with van der Waals surface area (Å²) in [6.07, 6.45) is 2.95. The third-order valence-electron chi connectivity index (χ3n) is 3.30. The first-order valence-electron chi connectivity index (χ1n) is 6.14. The van der Waals surface area contributed by atoms with Crippen LogP contribution in [-0.4, -0.2) is 18.4 Å². The predicted molar refractivity (Wildman–Crippen MR) is 65.8 cm³/mol. The molecule has 0 aromatic heterocycles. The van der Waals surface area contributed by atoms with Crippen LogP contribution in [0.15, 0.2) is 12.1 Å². The Hall–Kier alpha value is -1.22. The summed E-state index contributed by atoms with van der Waals surface area (Å²) in [5.41, 5.74) is 1.85. The third-order valence-corrected chi connectivity index (χ3v) is 3.30. The van der Waals surface area contributed by atoms with Crippen molar-refractivity contribution in [2.45, 2.75) is 39.2 Å². The number of piperidine rings is 1. The highest BCUT2D eigenvalue weighted by molar-refractivity contribution is 6.01. The number of hydrogen-bond acceptors (Lipinski definition) is 2. The molecule has 3 heteroatoms. The number of ketones is 1. The zero-order valence-corrected chi connectivity index (χ0v) is 10.3. The minimum absolute atomic E-state index is 0.0975. The van der Waals surface area contributed by atoms with Crippen molar-refractivity contribution in [3.05, 3.63) is 34.6 Å². The van der Waals surface area contributed by atoms with Gasteiger partial charge in [-0.05, 0) is 50.4 Å². The first kappa shape index (κ1) is 12.2. The van der Waals surface area contributed by atoms with E-state index in [-0.39, 0.29) is 23.2 Å². The fourth-order valence-electron chi connectivity index (χ4n) is 2.48. The van der Waals surface area contributed by atoms with Crippen LogP contribution in [0.2, 0.25) is 0 Å². The first-order valence-corrected chi connectivity index (χ1v) is 6.14. The van der Waals surface area contributed by atoms with E-state index in [1.54, 1.807) is 6.92 Å². The largest absolute Gasteiger partial charge is 0.307 e. The average molecular weight is 235 g/mol. The summed E-state index contributed by atoms with van der Waals surface area (Å²) in [5, 5.41) is 3.17. The highest BCUT2D eigenvalue weighted by Gasteiger charge is 2.25. The average Bonchev–Trinajstić information content (AvgIpc) is 2.28. The molecule has 1 atom stereocenters. The van der Waals surface area contributed by atoms with E-state index < -0.39 is 0 Å². The van der Waals surface area contributed by atoms with E-state index in [1.165, 1.54) is 6.07 Å². The number of Topliss-reactive ketones (excluding diaryl/α,β-unsaturated/α-hetero) is 1. The summed E-state index contributed by atoms with van der Waals surface area (Å²) in [6.45, 7) is 4.48. The van der Waals surface area contributed by atoms with E-state index in [0.29, 0.717) is 0 Å². The molecule has 2 nitrogen and oxygen atoms in total. The molecule has 0 aliphatic carbocycles. The van der Waals surface area contributed by atoms with Crippen LogP contribution in [0.5, 0.6) is 0 Å². The summed E-state index contributed by atoms with van der Waals surface area (Å²) in [4.78, 5) is 12.3. The molecule has 1 aromatic carbocycles. The van der Waals surface area contributed by atoms with Gasteiger partial charge in [-0.25, -0.2) is 4.39 Å². The van der Waals surface area contributed by atoms with Gasteiger partial charge in [0.2, 0.25) is 0 Å². The Bertz CT molecular complexity index is 413. The lowest BCUT2D eigenvalue weighted by Crippen LogP contribution is -2.41. The summed E-state index contributed by atoms with van der Waals surface area (Å²) in [7, 11) is 0. The predicted octanol–water partition coefficient (Wildman–Crippen LogP) is 2.77. The lowest BCUT2D eigenvalue weighted by Gasteiger charge is -2.23. The fourth-order valence-corrected chi connectivity index (χ4v) is 2.48. The van der Waals surface area contributed by atoms with Crippen molar-refractivity contribution in [1.82, 2.24) is 5.32 Å². The molecule has 1 aromatic rings. The normalized spacial score (nSPS) is 20.3. The van der Waals surface area contributed by atoms with Crippen molar-refractivity contribution >= 4 is 5.78 Å². The van der Waals surface area contributed by atoms with Crippen LogP contribution in [-0.2, 0) is 0 Å². The first-order chi connectivity index (χ1) is 8.09. The quantitative estimate of drug-likeness (QED) is 0.799. The molecule has 1 aliphatic heterocycles. The number of rotatable bonds is 2. The Kier molecular flexibility index (Phi) is 3.57. The molecule has 17 heavy (non-hydrogen) atoms. The minimum atomic E-state index is -0.389. The molecule has 1 aliphatic rings. The van der Waals surface area contributed by atoms with Gasteiger partial charge >= 0.3 is 0 Å². The topological polar surface area (TPSA) is 29.1 Å². The second kappa shape index (κ2) is 4.96. The second-order valence-electron chi connectivity index (χ2n) is 4.81. The van der Waals surface area contributed by atoms with E-state index >= 15 is 0 Å². The molecular weight excluding hydrogens is 217 g/mol. The van der Waals surface area contributed by atoms with Crippen molar-refractivity contribution < 1.29 is 9.18 Å². The van der Waals surface area contributed by atoms with Gasteiger partial charge in [0.05, 0.1) is 11.6 Å². The van der Waals surface area contributed by atoms with Crippen LogP contribution < -0.4 is 5.32 Å². The van der Waals surface area contributed by atoms with Gasteiger partial charge in [-0.2, -0.15) is 0 Å². The molecule has 1 unspecified atom stereocenters. The summed E-state index contributed by atoms with van der Waals surface area (Å²) >= 11 is 0. The maximum Gasteiger partial charge on any atom is 0.182 e. The molecule has 92 valence electrons. The van der Waals surface area contributed by atoms with Crippen molar-refractivity contribution in [3.63, 3.8) is 0 Å². The van der Waals surface area contributed by atoms with Crippen LogP contribution in [0, 0.1) is 19.7 Å². The SMILES string of the molecule is Cc1cc(C)c(C(=O)C2CCCCN2)c(F)c1. The molecule has 1 fully saturated rings. The van der Waals surface area contributed by atoms with Gasteiger partial charge in [-0.3, -0.25) is 4.79 Å². The van der Waals surface area contributed by atoms with Gasteiger partial charge in [-0.1, -0.05) is 12.5 Å².